The predicted octanol–water partition coefficient (Wildman–Crippen LogP) is 12.7. The van der Waals surface area contributed by atoms with Gasteiger partial charge in [0, 0.05) is 55.2 Å². The number of hydrogen-bond donors (Lipinski definition) is 0. The lowest BCUT2D eigenvalue weighted by molar-refractivity contribution is 0.669. The summed E-state index contributed by atoms with van der Waals surface area (Å²) in [7, 11) is 0. The van der Waals surface area contributed by atoms with Gasteiger partial charge in [-0.05, 0) is 54.6 Å². The number of rotatable bonds is 5. The third kappa shape index (κ3) is 4.44. The maximum Gasteiger partial charge on any atom is 0.168 e. The first-order valence-corrected chi connectivity index (χ1v) is 18.8. The van der Waals surface area contributed by atoms with Gasteiger partial charge >= 0.3 is 0 Å². The number of furan rings is 1. The summed E-state index contributed by atoms with van der Waals surface area (Å²) in [6, 6.07) is 66.2. The number of fused-ring (bicyclic) bond motifs is 9. The molecule has 0 spiro atoms. The van der Waals surface area contributed by atoms with Crippen LogP contribution in [-0.4, -0.2) is 23.9 Å². The Kier molecular flexibility index (Phi) is 6.53. The van der Waals surface area contributed by atoms with E-state index in [1.165, 1.54) is 21.5 Å². The second-order valence-corrected chi connectivity index (χ2v) is 14.3. The molecule has 0 saturated carbocycles. The van der Waals surface area contributed by atoms with E-state index in [0.29, 0.717) is 0 Å². The molecular weight excluding hydrogens is 687 g/mol. The molecule has 4 heterocycles. The molecule has 4 aromatic heterocycles. The van der Waals surface area contributed by atoms with Gasteiger partial charge < -0.3 is 13.6 Å². The average molecular weight is 718 g/mol. The van der Waals surface area contributed by atoms with Crippen molar-refractivity contribution < 1.29 is 4.42 Å². The van der Waals surface area contributed by atoms with Crippen LogP contribution in [0.2, 0.25) is 0 Å². The summed E-state index contributed by atoms with van der Waals surface area (Å²) < 4.78 is 13.4. The standard InChI is InChI=1S/C50H31N5O/c1-3-15-32(16-4-1)49-51-52-50(53(49)34-17-5-2-6-18-34)33-27-28-37-35-19-7-10-22-41(35)54(45(37)29-33)43-24-12-13-25-44(43)55-42-23-11-8-20-36(42)39-30-40-38-21-9-14-26-47(38)56-48(40)31-46(39)55/h1-31H. The van der Waals surface area contributed by atoms with Crippen LogP contribution in [0, 0.1) is 0 Å². The third-order valence-corrected chi connectivity index (χ3v) is 11.2. The van der Waals surface area contributed by atoms with Gasteiger partial charge in [-0.2, -0.15) is 0 Å². The first-order chi connectivity index (χ1) is 27.8. The maximum absolute atomic E-state index is 6.46. The lowest BCUT2D eigenvalue weighted by Crippen LogP contribution is -2.03. The minimum Gasteiger partial charge on any atom is -0.456 e. The van der Waals surface area contributed by atoms with Crippen LogP contribution in [-0.2, 0) is 0 Å². The van der Waals surface area contributed by atoms with E-state index in [9.17, 15) is 0 Å². The highest BCUT2D eigenvalue weighted by atomic mass is 16.3. The van der Waals surface area contributed by atoms with Gasteiger partial charge in [0.1, 0.15) is 11.2 Å². The Morgan fingerprint density at radius 3 is 1.57 bits per heavy atom. The van der Waals surface area contributed by atoms with E-state index in [0.717, 1.165) is 83.8 Å². The summed E-state index contributed by atoms with van der Waals surface area (Å²) in [4.78, 5) is 0. The quantitative estimate of drug-likeness (QED) is 0.178. The molecule has 0 aliphatic heterocycles. The van der Waals surface area contributed by atoms with Gasteiger partial charge in [-0.25, -0.2) is 0 Å². The van der Waals surface area contributed by atoms with Crippen LogP contribution >= 0.6 is 0 Å². The van der Waals surface area contributed by atoms with Crippen LogP contribution < -0.4 is 0 Å². The molecule has 0 aliphatic rings. The SMILES string of the molecule is c1ccc(-c2nnc(-c3ccc4c5ccccc5n(-c5ccccc5-n5c6ccccc6c6cc7c(cc65)oc5ccccc57)c4c3)n2-c2ccccc2)cc1. The van der Waals surface area contributed by atoms with Crippen molar-refractivity contribution in [1.82, 2.24) is 23.9 Å². The van der Waals surface area contributed by atoms with Crippen molar-refractivity contribution in [2.45, 2.75) is 0 Å². The lowest BCUT2D eigenvalue weighted by Gasteiger charge is -2.17. The van der Waals surface area contributed by atoms with Crippen molar-refractivity contribution in [3.05, 3.63) is 188 Å². The minimum absolute atomic E-state index is 0.777. The summed E-state index contributed by atoms with van der Waals surface area (Å²) >= 11 is 0. The minimum atomic E-state index is 0.777. The monoisotopic (exact) mass is 717 g/mol. The van der Waals surface area contributed by atoms with Gasteiger partial charge in [-0.1, -0.05) is 127 Å². The summed E-state index contributed by atoms with van der Waals surface area (Å²) in [5.74, 6) is 1.57. The van der Waals surface area contributed by atoms with Gasteiger partial charge in [0.25, 0.3) is 0 Å². The number of para-hydroxylation sites is 6. The highest BCUT2D eigenvalue weighted by Crippen LogP contribution is 2.42. The average Bonchev–Trinajstić information content (AvgIpc) is 4.03. The zero-order valence-electron chi connectivity index (χ0n) is 30.0. The molecule has 262 valence electrons. The summed E-state index contributed by atoms with van der Waals surface area (Å²) in [6.45, 7) is 0. The van der Waals surface area contributed by atoms with Crippen molar-refractivity contribution in [3.63, 3.8) is 0 Å². The molecule has 0 aliphatic carbocycles. The number of benzene rings is 8. The van der Waals surface area contributed by atoms with Crippen molar-refractivity contribution in [1.29, 1.82) is 0 Å². The summed E-state index contributed by atoms with van der Waals surface area (Å²) in [5, 5.41) is 16.6. The first-order valence-electron chi connectivity index (χ1n) is 18.8. The smallest absolute Gasteiger partial charge is 0.168 e. The molecule has 12 rings (SSSR count). The van der Waals surface area contributed by atoms with Crippen LogP contribution in [0.5, 0.6) is 0 Å². The number of nitrogens with zero attached hydrogens (tertiary/aromatic N) is 5. The highest BCUT2D eigenvalue weighted by Gasteiger charge is 2.23. The fourth-order valence-corrected chi connectivity index (χ4v) is 8.73. The van der Waals surface area contributed by atoms with Crippen LogP contribution in [0.1, 0.15) is 0 Å². The zero-order chi connectivity index (χ0) is 36.7. The number of hydrogen-bond acceptors (Lipinski definition) is 3. The molecule has 0 atom stereocenters. The van der Waals surface area contributed by atoms with Crippen molar-refractivity contribution >= 4 is 65.6 Å². The van der Waals surface area contributed by atoms with E-state index in [4.69, 9.17) is 14.6 Å². The van der Waals surface area contributed by atoms with Crippen LogP contribution in [0.3, 0.4) is 0 Å². The Labute approximate surface area is 320 Å². The van der Waals surface area contributed by atoms with E-state index in [2.05, 4.69) is 165 Å². The summed E-state index contributed by atoms with van der Waals surface area (Å²) in [6.07, 6.45) is 0. The molecular formula is C50H31N5O. The van der Waals surface area contributed by atoms with Gasteiger partial charge in [0.15, 0.2) is 11.6 Å². The molecule has 12 aromatic rings. The molecule has 0 radical (unpaired) electrons. The van der Waals surface area contributed by atoms with Crippen molar-refractivity contribution in [2.75, 3.05) is 0 Å². The Bertz CT molecular complexity index is 3480. The number of aromatic nitrogens is 5. The maximum atomic E-state index is 6.46. The van der Waals surface area contributed by atoms with E-state index >= 15 is 0 Å². The summed E-state index contributed by atoms with van der Waals surface area (Å²) in [5.41, 5.74) is 11.3. The predicted molar refractivity (Wildman–Crippen MR) is 228 cm³/mol. The molecule has 8 aromatic carbocycles. The second kappa shape index (κ2) is 11.9. The Morgan fingerprint density at radius 2 is 0.857 bits per heavy atom. The van der Waals surface area contributed by atoms with E-state index in [1.807, 2.05) is 36.4 Å². The van der Waals surface area contributed by atoms with E-state index in [-0.39, 0.29) is 0 Å². The van der Waals surface area contributed by atoms with E-state index in [1.54, 1.807) is 0 Å². The van der Waals surface area contributed by atoms with Gasteiger partial charge in [-0.15, -0.1) is 10.2 Å². The zero-order valence-corrected chi connectivity index (χ0v) is 30.0. The molecule has 0 amide bonds. The molecule has 0 saturated heterocycles. The van der Waals surface area contributed by atoms with Crippen molar-refractivity contribution in [2.24, 2.45) is 0 Å². The molecule has 6 heteroatoms. The Balaban J connectivity index is 1.13. The van der Waals surface area contributed by atoms with Crippen LogP contribution in [0.4, 0.5) is 0 Å². The Morgan fingerprint density at radius 1 is 0.321 bits per heavy atom. The first kappa shape index (κ1) is 30.7. The molecule has 0 N–H and O–H groups in total. The molecule has 0 fully saturated rings. The fraction of sp³-hybridized carbons (Fsp3) is 0. The molecule has 0 unspecified atom stereocenters. The van der Waals surface area contributed by atoms with Gasteiger partial charge in [-0.3, -0.25) is 4.57 Å². The third-order valence-electron chi connectivity index (χ3n) is 11.2. The van der Waals surface area contributed by atoms with Crippen molar-refractivity contribution in [3.8, 4) is 39.8 Å². The highest BCUT2D eigenvalue weighted by molar-refractivity contribution is 6.18. The van der Waals surface area contributed by atoms with E-state index < -0.39 is 0 Å². The molecule has 56 heavy (non-hydrogen) atoms. The topological polar surface area (TPSA) is 53.7 Å². The van der Waals surface area contributed by atoms with Gasteiger partial charge in [0.05, 0.1) is 33.4 Å². The van der Waals surface area contributed by atoms with Crippen LogP contribution in [0.25, 0.3) is 105 Å². The van der Waals surface area contributed by atoms with Crippen LogP contribution in [0.15, 0.2) is 192 Å². The largest absolute Gasteiger partial charge is 0.456 e. The normalized spacial score (nSPS) is 11.9. The second-order valence-electron chi connectivity index (χ2n) is 14.3. The van der Waals surface area contributed by atoms with Gasteiger partial charge in [0.2, 0.25) is 0 Å². The molecule has 6 nitrogen and oxygen atoms in total. The molecule has 0 bridgehead atoms. The Hall–Kier alpha value is -7.70. The fourth-order valence-electron chi connectivity index (χ4n) is 8.73. The lowest BCUT2D eigenvalue weighted by atomic mass is 10.1.